The Morgan fingerprint density at radius 3 is 3.06 bits per heavy atom. The summed E-state index contributed by atoms with van der Waals surface area (Å²) in [5.74, 6) is -0.0723. The lowest BCUT2D eigenvalue weighted by atomic mass is 10.3. The standard InChI is InChI=1S/C13H11N3OS/c1-9-6-12(18-8-9)13(17)15-10-3-5-16-11(7-10)2-4-14-16/h2-8H,1H3,(H,15,17). The van der Waals surface area contributed by atoms with Crippen LogP contribution in [0, 0.1) is 6.92 Å². The highest BCUT2D eigenvalue weighted by atomic mass is 32.1. The minimum atomic E-state index is -0.0723. The first kappa shape index (κ1) is 11.0. The Kier molecular flexibility index (Phi) is 2.60. The fraction of sp³-hybridized carbons (Fsp3) is 0.0769. The highest BCUT2D eigenvalue weighted by molar-refractivity contribution is 7.12. The number of hydrogen-bond acceptors (Lipinski definition) is 3. The number of aromatic nitrogens is 2. The van der Waals surface area contributed by atoms with Gasteiger partial charge in [0.1, 0.15) is 0 Å². The zero-order valence-electron chi connectivity index (χ0n) is 9.75. The van der Waals surface area contributed by atoms with E-state index < -0.39 is 0 Å². The molecule has 1 amide bonds. The Hall–Kier alpha value is -2.14. The summed E-state index contributed by atoms with van der Waals surface area (Å²) in [5, 5.41) is 8.96. The van der Waals surface area contributed by atoms with E-state index in [9.17, 15) is 4.79 Å². The molecular formula is C13H11N3OS. The Balaban J connectivity index is 1.85. The van der Waals surface area contributed by atoms with Crippen molar-refractivity contribution in [2.24, 2.45) is 0 Å². The van der Waals surface area contributed by atoms with Crippen LogP contribution in [-0.2, 0) is 0 Å². The Morgan fingerprint density at radius 1 is 1.39 bits per heavy atom. The zero-order chi connectivity index (χ0) is 12.5. The van der Waals surface area contributed by atoms with Gasteiger partial charge in [0, 0.05) is 18.1 Å². The molecule has 90 valence electrons. The Bertz CT molecular complexity index is 714. The maximum Gasteiger partial charge on any atom is 0.265 e. The second-order valence-corrected chi connectivity index (χ2v) is 4.97. The number of carbonyl (C=O) groups is 1. The number of anilines is 1. The molecule has 1 N–H and O–H groups in total. The zero-order valence-corrected chi connectivity index (χ0v) is 10.6. The van der Waals surface area contributed by atoms with Gasteiger partial charge >= 0.3 is 0 Å². The molecule has 3 aromatic heterocycles. The first-order chi connectivity index (χ1) is 8.72. The fourth-order valence-electron chi connectivity index (χ4n) is 1.74. The lowest BCUT2D eigenvalue weighted by molar-refractivity contribution is 0.103. The monoisotopic (exact) mass is 257 g/mol. The van der Waals surface area contributed by atoms with Crippen LogP contribution in [0.5, 0.6) is 0 Å². The summed E-state index contributed by atoms with van der Waals surface area (Å²) < 4.78 is 1.75. The molecule has 0 fully saturated rings. The molecule has 0 spiro atoms. The van der Waals surface area contributed by atoms with Gasteiger partial charge in [0.2, 0.25) is 0 Å². The molecule has 0 aliphatic carbocycles. The maximum atomic E-state index is 12.0. The predicted octanol–water partition coefficient (Wildman–Crippen LogP) is 2.96. The molecule has 4 nitrogen and oxygen atoms in total. The number of rotatable bonds is 2. The van der Waals surface area contributed by atoms with Crippen molar-refractivity contribution in [1.82, 2.24) is 9.61 Å². The van der Waals surface area contributed by atoms with Gasteiger partial charge in [-0.15, -0.1) is 11.3 Å². The molecule has 0 atom stereocenters. The van der Waals surface area contributed by atoms with E-state index in [-0.39, 0.29) is 5.91 Å². The van der Waals surface area contributed by atoms with Gasteiger partial charge in [0.15, 0.2) is 0 Å². The van der Waals surface area contributed by atoms with Crippen LogP contribution in [0.4, 0.5) is 5.69 Å². The normalized spacial score (nSPS) is 10.7. The predicted molar refractivity (Wildman–Crippen MR) is 72.2 cm³/mol. The number of nitrogens with zero attached hydrogens (tertiary/aromatic N) is 2. The topological polar surface area (TPSA) is 46.4 Å². The summed E-state index contributed by atoms with van der Waals surface area (Å²) in [5.41, 5.74) is 2.84. The van der Waals surface area contributed by atoms with Crippen LogP contribution < -0.4 is 5.32 Å². The molecule has 3 aromatic rings. The van der Waals surface area contributed by atoms with Crippen molar-refractivity contribution < 1.29 is 4.79 Å². The third-order valence-electron chi connectivity index (χ3n) is 2.61. The lowest BCUT2D eigenvalue weighted by Gasteiger charge is -2.03. The highest BCUT2D eigenvalue weighted by Gasteiger charge is 2.08. The van der Waals surface area contributed by atoms with Crippen LogP contribution in [0.3, 0.4) is 0 Å². The molecule has 18 heavy (non-hydrogen) atoms. The molecule has 0 aliphatic heterocycles. The number of nitrogens with one attached hydrogen (secondary N) is 1. The molecule has 0 aromatic carbocycles. The molecule has 0 saturated heterocycles. The van der Waals surface area contributed by atoms with Gasteiger partial charge in [0.25, 0.3) is 5.91 Å². The summed E-state index contributed by atoms with van der Waals surface area (Å²) >= 11 is 1.45. The SMILES string of the molecule is Cc1csc(C(=O)Nc2ccn3nccc3c2)c1. The molecule has 3 rings (SSSR count). The number of amides is 1. The fourth-order valence-corrected chi connectivity index (χ4v) is 2.54. The molecule has 0 bridgehead atoms. The number of hydrogen-bond donors (Lipinski definition) is 1. The smallest absolute Gasteiger partial charge is 0.265 e. The van der Waals surface area contributed by atoms with E-state index in [2.05, 4.69) is 10.4 Å². The van der Waals surface area contributed by atoms with E-state index in [1.807, 2.05) is 42.8 Å². The average molecular weight is 257 g/mol. The largest absolute Gasteiger partial charge is 0.321 e. The Labute approximate surface area is 108 Å². The van der Waals surface area contributed by atoms with Crippen LogP contribution in [0.1, 0.15) is 15.2 Å². The average Bonchev–Trinajstić information content (AvgIpc) is 2.96. The summed E-state index contributed by atoms with van der Waals surface area (Å²) in [6.07, 6.45) is 3.55. The van der Waals surface area contributed by atoms with Gasteiger partial charge in [-0.25, -0.2) is 4.52 Å². The first-order valence-corrected chi connectivity index (χ1v) is 6.40. The third kappa shape index (κ3) is 2.00. The molecule has 3 heterocycles. The molecule has 0 unspecified atom stereocenters. The van der Waals surface area contributed by atoms with Gasteiger partial charge in [0.05, 0.1) is 10.4 Å². The second kappa shape index (κ2) is 4.27. The van der Waals surface area contributed by atoms with Crippen LogP contribution in [0.15, 0.2) is 42.0 Å². The molecule has 0 radical (unpaired) electrons. The number of fused-ring (bicyclic) bond motifs is 1. The number of aryl methyl sites for hydroxylation is 1. The van der Waals surface area contributed by atoms with Crippen molar-refractivity contribution in [2.45, 2.75) is 6.92 Å². The summed E-state index contributed by atoms with van der Waals surface area (Å²) in [7, 11) is 0. The van der Waals surface area contributed by atoms with E-state index in [4.69, 9.17) is 0 Å². The lowest BCUT2D eigenvalue weighted by Crippen LogP contribution is -2.10. The van der Waals surface area contributed by atoms with Crippen LogP contribution in [0.25, 0.3) is 5.52 Å². The van der Waals surface area contributed by atoms with Crippen LogP contribution in [0.2, 0.25) is 0 Å². The van der Waals surface area contributed by atoms with Crippen LogP contribution in [-0.4, -0.2) is 15.5 Å². The first-order valence-electron chi connectivity index (χ1n) is 5.52. The third-order valence-corrected chi connectivity index (χ3v) is 3.66. The van der Waals surface area contributed by atoms with Crippen molar-refractivity contribution in [3.8, 4) is 0 Å². The van der Waals surface area contributed by atoms with Crippen molar-refractivity contribution in [1.29, 1.82) is 0 Å². The summed E-state index contributed by atoms with van der Waals surface area (Å²) in [6.45, 7) is 1.98. The number of pyridine rings is 1. The van der Waals surface area contributed by atoms with Crippen molar-refractivity contribution in [3.63, 3.8) is 0 Å². The van der Waals surface area contributed by atoms with Gasteiger partial charge in [-0.2, -0.15) is 5.10 Å². The summed E-state index contributed by atoms with van der Waals surface area (Å²) in [6, 6.07) is 7.51. The van der Waals surface area contributed by atoms with E-state index >= 15 is 0 Å². The van der Waals surface area contributed by atoms with E-state index in [0.717, 1.165) is 21.6 Å². The van der Waals surface area contributed by atoms with Crippen molar-refractivity contribution >= 4 is 28.4 Å². The number of carbonyl (C=O) groups excluding carboxylic acids is 1. The maximum absolute atomic E-state index is 12.0. The highest BCUT2D eigenvalue weighted by Crippen LogP contribution is 2.17. The molecule has 0 saturated carbocycles. The summed E-state index contributed by atoms with van der Waals surface area (Å²) in [4.78, 5) is 12.7. The quantitative estimate of drug-likeness (QED) is 0.767. The van der Waals surface area contributed by atoms with Gasteiger partial charge < -0.3 is 5.32 Å². The van der Waals surface area contributed by atoms with Gasteiger partial charge in [-0.05, 0) is 42.1 Å². The Morgan fingerprint density at radius 2 is 2.28 bits per heavy atom. The molecular weight excluding hydrogens is 246 g/mol. The second-order valence-electron chi connectivity index (χ2n) is 4.06. The van der Waals surface area contributed by atoms with E-state index in [1.54, 1.807) is 10.7 Å². The van der Waals surface area contributed by atoms with Crippen LogP contribution >= 0.6 is 11.3 Å². The number of thiophene rings is 1. The van der Waals surface area contributed by atoms with E-state index in [0.29, 0.717) is 0 Å². The minimum Gasteiger partial charge on any atom is -0.321 e. The molecule has 5 heteroatoms. The molecule has 0 aliphatic rings. The van der Waals surface area contributed by atoms with Crippen molar-refractivity contribution in [3.05, 3.63) is 52.5 Å². The van der Waals surface area contributed by atoms with Gasteiger partial charge in [-0.1, -0.05) is 0 Å². The van der Waals surface area contributed by atoms with Crippen molar-refractivity contribution in [2.75, 3.05) is 5.32 Å². The van der Waals surface area contributed by atoms with E-state index in [1.165, 1.54) is 11.3 Å². The minimum absolute atomic E-state index is 0.0723. The van der Waals surface area contributed by atoms with Gasteiger partial charge in [-0.3, -0.25) is 4.79 Å².